The van der Waals surface area contributed by atoms with Crippen molar-refractivity contribution in [2.75, 3.05) is 19.8 Å². The van der Waals surface area contributed by atoms with Crippen molar-refractivity contribution in [2.45, 2.75) is 20.8 Å². The van der Waals surface area contributed by atoms with Gasteiger partial charge < -0.3 is 17.7 Å². The van der Waals surface area contributed by atoms with Gasteiger partial charge in [-0.3, -0.25) is 0 Å². The second kappa shape index (κ2) is 8.11. The summed E-state index contributed by atoms with van der Waals surface area (Å²) < 4.78 is 22.9. The second-order valence-electron chi connectivity index (χ2n) is 3.64. The third-order valence-corrected chi connectivity index (χ3v) is 4.73. The topological polar surface area (TPSA) is 36.9 Å². The molecule has 0 N–H and O–H groups in total. The molecule has 0 unspecified atom stereocenters. The zero-order valence-electron chi connectivity index (χ0n) is 11.8. The van der Waals surface area contributed by atoms with Crippen molar-refractivity contribution in [1.82, 2.24) is 0 Å². The van der Waals surface area contributed by atoms with Gasteiger partial charge in [0.2, 0.25) is 0 Å². The summed E-state index contributed by atoms with van der Waals surface area (Å²) in [4.78, 5) is 0. The molecule has 0 saturated heterocycles. The van der Waals surface area contributed by atoms with Crippen LogP contribution in [0.2, 0.25) is 0 Å². The van der Waals surface area contributed by atoms with Crippen LogP contribution in [0.15, 0.2) is 30.8 Å². The zero-order chi connectivity index (χ0) is 14.1. The highest BCUT2D eigenvalue weighted by molar-refractivity contribution is 6.54. The Hall–Kier alpha value is -1.14. The molecule has 0 aliphatic rings. The maximum absolute atomic E-state index is 5.95. The molecule has 0 fully saturated rings. The van der Waals surface area contributed by atoms with Crippen LogP contribution in [0.4, 0.5) is 0 Å². The molecule has 0 bridgehead atoms. The van der Waals surface area contributed by atoms with Crippen molar-refractivity contribution < 1.29 is 17.7 Å². The summed E-state index contributed by atoms with van der Waals surface area (Å²) in [5.41, 5.74) is 0.887. The van der Waals surface area contributed by atoms with Crippen LogP contribution in [0, 0.1) is 0 Å². The molecule has 0 amide bonds. The number of para-hydroxylation sites is 1. The summed E-state index contributed by atoms with van der Waals surface area (Å²) in [6.07, 6.45) is 1.73. The molecule has 0 aliphatic carbocycles. The van der Waals surface area contributed by atoms with E-state index in [2.05, 4.69) is 6.58 Å². The number of hydrogen-bond donors (Lipinski definition) is 0. The van der Waals surface area contributed by atoms with Gasteiger partial charge in [0.15, 0.2) is 0 Å². The number of hydrogen-bond acceptors (Lipinski definition) is 4. The molecule has 19 heavy (non-hydrogen) atoms. The molecule has 0 aliphatic heterocycles. The molecule has 4 nitrogen and oxygen atoms in total. The molecular weight excluding hydrogens is 260 g/mol. The van der Waals surface area contributed by atoms with Gasteiger partial charge in [0.25, 0.3) is 0 Å². The summed E-state index contributed by atoms with van der Waals surface area (Å²) in [5, 5.41) is 0. The van der Waals surface area contributed by atoms with Crippen molar-refractivity contribution in [3.8, 4) is 5.75 Å². The van der Waals surface area contributed by atoms with Gasteiger partial charge in [-0.1, -0.05) is 30.9 Å². The van der Waals surface area contributed by atoms with Crippen molar-refractivity contribution in [3.05, 3.63) is 36.4 Å². The van der Waals surface area contributed by atoms with Gasteiger partial charge in [-0.15, -0.1) is 0 Å². The lowest BCUT2D eigenvalue weighted by Crippen LogP contribution is -2.52. The minimum atomic E-state index is -3.13. The lowest BCUT2D eigenvalue weighted by atomic mass is 10.2. The van der Waals surface area contributed by atoms with Gasteiger partial charge in [-0.2, -0.15) is 0 Å². The van der Waals surface area contributed by atoms with Crippen LogP contribution in [0.25, 0.3) is 6.08 Å². The second-order valence-corrected chi connectivity index (χ2v) is 5.71. The van der Waals surface area contributed by atoms with E-state index in [1.807, 2.05) is 45.0 Å². The van der Waals surface area contributed by atoms with E-state index < -0.39 is 9.05 Å². The van der Waals surface area contributed by atoms with Crippen molar-refractivity contribution >= 4 is 15.1 Å². The number of rotatable bonds is 9. The molecule has 0 atom stereocenters. The maximum Gasteiger partial charge on any atom is 0.749 e. The van der Waals surface area contributed by atoms with Gasteiger partial charge in [-0.25, -0.2) is 0 Å². The molecule has 1 aromatic rings. The summed E-state index contributed by atoms with van der Waals surface area (Å²) in [6, 6.07) is 7.60. The standard InChI is InChI=1S/C14H22O4Si/c1-5-13-11-9-10-12-14(13)18-19(15-6-2,16-7-3)17-8-4/h5,9-12H,1,6-8H2,2-4H3. The average molecular weight is 282 g/mol. The first-order valence-electron chi connectivity index (χ1n) is 6.53. The van der Waals surface area contributed by atoms with E-state index >= 15 is 0 Å². The molecule has 106 valence electrons. The molecule has 0 aromatic heterocycles. The highest BCUT2D eigenvalue weighted by Crippen LogP contribution is 2.24. The van der Waals surface area contributed by atoms with Crippen LogP contribution in [0.1, 0.15) is 26.3 Å². The molecule has 1 aromatic carbocycles. The first-order chi connectivity index (χ1) is 9.21. The predicted molar refractivity (Wildman–Crippen MR) is 77.8 cm³/mol. The third-order valence-electron chi connectivity index (χ3n) is 2.34. The van der Waals surface area contributed by atoms with Crippen LogP contribution in [0.3, 0.4) is 0 Å². The van der Waals surface area contributed by atoms with E-state index in [0.717, 1.165) is 5.56 Å². The fraction of sp³-hybridized carbons (Fsp3) is 0.429. The Kier molecular flexibility index (Phi) is 6.79. The first-order valence-corrected chi connectivity index (χ1v) is 8.17. The predicted octanol–water partition coefficient (Wildman–Crippen LogP) is 3.25. The monoisotopic (exact) mass is 282 g/mol. The Labute approximate surface area is 116 Å². The number of benzene rings is 1. The van der Waals surface area contributed by atoms with Crippen molar-refractivity contribution in [2.24, 2.45) is 0 Å². The van der Waals surface area contributed by atoms with E-state index in [0.29, 0.717) is 25.6 Å². The fourth-order valence-electron chi connectivity index (χ4n) is 1.62. The van der Waals surface area contributed by atoms with Crippen molar-refractivity contribution in [3.63, 3.8) is 0 Å². The third kappa shape index (κ3) is 4.47. The lowest BCUT2D eigenvalue weighted by Gasteiger charge is -2.27. The summed E-state index contributed by atoms with van der Waals surface area (Å²) >= 11 is 0. The van der Waals surface area contributed by atoms with Crippen LogP contribution in [-0.4, -0.2) is 28.9 Å². The maximum atomic E-state index is 5.95. The van der Waals surface area contributed by atoms with Gasteiger partial charge >= 0.3 is 9.05 Å². The first kappa shape index (κ1) is 15.9. The summed E-state index contributed by atoms with van der Waals surface area (Å²) in [5.74, 6) is 0.666. The Morgan fingerprint density at radius 1 is 1.00 bits per heavy atom. The Morgan fingerprint density at radius 3 is 2.00 bits per heavy atom. The SMILES string of the molecule is C=Cc1ccccc1O[Si](OCC)(OCC)OCC. The van der Waals surface area contributed by atoms with Crippen LogP contribution in [0.5, 0.6) is 5.75 Å². The molecule has 0 radical (unpaired) electrons. The molecule has 1 rings (SSSR count). The minimum absolute atomic E-state index is 0.475. The van der Waals surface area contributed by atoms with E-state index in [1.54, 1.807) is 6.08 Å². The molecular formula is C14H22O4Si. The Bertz CT molecular complexity index is 378. The highest BCUT2D eigenvalue weighted by atomic mass is 28.4. The Balaban J connectivity index is 3.00. The minimum Gasteiger partial charge on any atom is -0.479 e. The smallest absolute Gasteiger partial charge is 0.479 e. The van der Waals surface area contributed by atoms with E-state index in [1.165, 1.54) is 0 Å². The average Bonchev–Trinajstić information content (AvgIpc) is 2.40. The van der Waals surface area contributed by atoms with Crippen LogP contribution < -0.4 is 4.43 Å². The highest BCUT2D eigenvalue weighted by Gasteiger charge is 2.48. The summed E-state index contributed by atoms with van der Waals surface area (Å²) in [7, 11) is -3.13. The van der Waals surface area contributed by atoms with E-state index in [9.17, 15) is 0 Å². The molecule has 5 heteroatoms. The normalized spacial score (nSPS) is 11.3. The van der Waals surface area contributed by atoms with E-state index in [-0.39, 0.29) is 0 Å². The van der Waals surface area contributed by atoms with Gasteiger partial charge in [-0.05, 0) is 26.8 Å². The molecule has 0 spiro atoms. The summed E-state index contributed by atoms with van der Waals surface area (Å²) in [6.45, 7) is 10.9. The zero-order valence-corrected chi connectivity index (χ0v) is 12.8. The largest absolute Gasteiger partial charge is 0.749 e. The van der Waals surface area contributed by atoms with Gasteiger partial charge in [0.1, 0.15) is 5.75 Å². The molecule has 0 saturated carbocycles. The fourth-order valence-corrected chi connectivity index (χ4v) is 3.56. The quantitative estimate of drug-likeness (QED) is 0.652. The molecule has 0 heterocycles. The lowest BCUT2D eigenvalue weighted by molar-refractivity contribution is 0.00964. The van der Waals surface area contributed by atoms with Gasteiger partial charge in [0.05, 0.1) is 0 Å². The van der Waals surface area contributed by atoms with Crippen LogP contribution in [-0.2, 0) is 13.3 Å². The van der Waals surface area contributed by atoms with Crippen LogP contribution >= 0.6 is 0 Å². The Morgan fingerprint density at radius 2 is 1.53 bits per heavy atom. The van der Waals surface area contributed by atoms with Crippen molar-refractivity contribution in [1.29, 1.82) is 0 Å². The van der Waals surface area contributed by atoms with Gasteiger partial charge in [0, 0.05) is 25.4 Å². The van der Waals surface area contributed by atoms with E-state index in [4.69, 9.17) is 17.7 Å².